The standard InChI is InChI=1S/C13H23N3O2S/c1-13(2)8-11(14)10-4-6-16(12(10)9-13)5-3-7-19(15,17)18/h4,6,11H,3,5,7-9,14H2,1-2H3,(H2,15,17,18). The van der Waals surface area contributed by atoms with Crippen LogP contribution in [0, 0.1) is 5.41 Å². The number of sulfonamides is 1. The third kappa shape index (κ3) is 3.58. The second kappa shape index (κ2) is 4.92. The van der Waals surface area contributed by atoms with Gasteiger partial charge in [-0.25, -0.2) is 13.6 Å². The SMILES string of the molecule is CC1(C)Cc2c(ccn2CCCS(N)(=O)=O)C(N)C1. The van der Waals surface area contributed by atoms with Crippen molar-refractivity contribution < 1.29 is 8.42 Å². The molecule has 0 fully saturated rings. The monoisotopic (exact) mass is 285 g/mol. The second-order valence-corrected chi connectivity index (χ2v) is 8.02. The summed E-state index contributed by atoms with van der Waals surface area (Å²) in [5.41, 5.74) is 8.85. The van der Waals surface area contributed by atoms with Crippen LogP contribution in [-0.2, 0) is 23.0 Å². The molecule has 2 rings (SSSR count). The number of aryl methyl sites for hydroxylation is 1. The lowest BCUT2D eigenvalue weighted by atomic mass is 9.74. The highest BCUT2D eigenvalue weighted by molar-refractivity contribution is 7.89. The van der Waals surface area contributed by atoms with Gasteiger partial charge >= 0.3 is 0 Å². The van der Waals surface area contributed by atoms with Gasteiger partial charge in [-0.2, -0.15) is 0 Å². The van der Waals surface area contributed by atoms with Gasteiger partial charge in [0.2, 0.25) is 10.0 Å². The number of nitrogens with two attached hydrogens (primary N) is 2. The first kappa shape index (κ1) is 14.6. The molecule has 0 radical (unpaired) electrons. The van der Waals surface area contributed by atoms with Gasteiger partial charge in [0, 0.05) is 24.5 Å². The van der Waals surface area contributed by atoms with Crippen LogP contribution in [0.5, 0.6) is 0 Å². The molecule has 1 atom stereocenters. The summed E-state index contributed by atoms with van der Waals surface area (Å²) in [4.78, 5) is 0. The molecule has 0 aliphatic heterocycles. The van der Waals surface area contributed by atoms with E-state index in [-0.39, 0.29) is 17.2 Å². The Morgan fingerprint density at radius 2 is 2.16 bits per heavy atom. The molecule has 0 aromatic carbocycles. The van der Waals surface area contributed by atoms with E-state index in [0.717, 1.165) is 12.8 Å². The minimum atomic E-state index is -3.37. The summed E-state index contributed by atoms with van der Waals surface area (Å²) in [6.07, 6.45) is 4.52. The molecule has 1 aliphatic rings. The molecule has 1 heterocycles. The van der Waals surface area contributed by atoms with Gasteiger partial charge in [0.25, 0.3) is 0 Å². The Labute approximate surface area is 115 Å². The van der Waals surface area contributed by atoms with Gasteiger partial charge in [0.05, 0.1) is 5.75 Å². The molecular formula is C13H23N3O2S. The number of hydrogen-bond donors (Lipinski definition) is 2. The fourth-order valence-corrected chi connectivity index (χ4v) is 3.47. The number of aromatic nitrogens is 1. The lowest BCUT2D eigenvalue weighted by Gasteiger charge is -2.34. The van der Waals surface area contributed by atoms with Gasteiger partial charge in [0.15, 0.2) is 0 Å². The minimum absolute atomic E-state index is 0.0232. The molecule has 1 aliphatic carbocycles. The average Bonchev–Trinajstić information content (AvgIpc) is 2.58. The lowest BCUT2D eigenvalue weighted by molar-refractivity contribution is 0.275. The highest BCUT2D eigenvalue weighted by atomic mass is 32.2. The van der Waals surface area contributed by atoms with E-state index in [9.17, 15) is 8.42 Å². The predicted molar refractivity (Wildman–Crippen MR) is 76.1 cm³/mol. The fraction of sp³-hybridized carbons (Fsp3) is 0.692. The number of rotatable bonds is 4. The van der Waals surface area contributed by atoms with Gasteiger partial charge in [-0.15, -0.1) is 0 Å². The van der Waals surface area contributed by atoms with Crippen molar-refractivity contribution in [3.63, 3.8) is 0 Å². The van der Waals surface area contributed by atoms with Crippen LogP contribution >= 0.6 is 0 Å². The van der Waals surface area contributed by atoms with E-state index in [4.69, 9.17) is 10.9 Å². The molecule has 0 spiro atoms. The van der Waals surface area contributed by atoms with Crippen LogP contribution in [0.2, 0.25) is 0 Å². The fourth-order valence-electron chi connectivity index (χ4n) is 2.94. The van der Waals surface area contributed by atoms with Crippen LogP contribution < -0.4 is 10.9 Å². The minimum Gasteiger partial charge on any atom is -0.351 e. The van der Waals surface area contributed by atoms with Crippen LogP contribution in [0.1, 0.15) is 44.0 Å². The van der Waals surface area contributed by atoms with E-state index < -0.39 is 10.0 Å². The molecule has 1 aromatic rings. The molecule has 0 saturated carbocycles. The highest BCUT2D eigenvalue weighted by Gasteiger charge is 2.32. The molecule has 1 aromatic heterocycles. The topological polar surface area (TPSA) is 91.1 Å². The number of fused-ring (bicyclic) bond motifs is 1. The first-order chi connectivity index (χ1) is 8.68. The molecule has 6 heteroatoms. The van der Waals surface area contributed by atoms with Crippen molar-refractivity contribution in [1.29, 1.82) is 0 Å². The first-order valence-electron chi connectivity index (χ1n) is 6.62. The summed E-state index contributed by atoms with van der Waals surface area (Å²) < 4.78 is 24.0. The van der Waals surface area contributed by atoms with Crippen LogP contribution in [0.25, 0.3) is 0 Å². The average molecular weight is 285 g/mol. The van der Waals surface area contributed by atoms with Crippen molar-refractivity contribution in [2.45, 2.75) is 45.7 Å². The summed E-state index contributed by atoms with van der Waals surface area (Å²) >= 11 is 0. The van der Waals surface area contributed by atoms with E-state index in [2.05, 4.69) is 24.5 Å². The summed E-state index contributed by atoms with van der Waals surface area (Å²) in [6.45, 7) is 5.11. The molecule has 0 bridgehead atoms. The Kier molecular flexibility index (Phi) is 3.77. The Morgan fingerprint density at radius 1 is 1.47 bits per heavy atom. The van der Waals surface area contributed by atoms with E-state index in [0.29, 0.717) is 13.0 Å². The molecule has 0 saturated heterocycles. The summed E-state index contributed by atoms with van der Waals surface area (Å²) in [6, 6.07) is 2.14. The third-order valence-corrected chi connectivity index (χ3v) is 4.62. The number of hydrogen-bond acceptors (Lipinski definition) is 3. The normalized spacial score (nSPS) is 22.2. The Morgan fingerprint density at radius 3 is 2.79 bits per heavy atom. The molecule has 4 N–H and O–H groups in total. The maximum atomic E-state index is 11.0. The van der Waals surface area contributed by atoms with Crippen molar-refractivity contribution in [1.82, 2.24) is 4.57 Å². The zero-order valence-electron chi connectivity index (χ0n) is 11.6. The summed E-state index contributed by atoms with van der Waals surface area (Å²) in [7, 11) is -3.37. The summed E-state index contributed by atoms with van der Waals surface area (Å²) in [5, 5.41) is 5.02. The van der Waals surface area contributed by atoms with Crippen molar-refractivity contribution in [2.75, 3.05) is 5.75 Å². The highest BCUT2D eigenvalue weighted by Crippen LogP contribution is 2.39. The second-order valence-electron chi connectivity index (χ2n) is 6.28. The van der Waals surface area contributed by atoms with Crippen LogP contribution in [0.3, 0.4) is 0 Å². The van der Waals surface area contributed by atoms with Gasteiger partial charge < -0.3 is 10.3 Å². The zero-order chi connectivity index (χ0) is 14.3. The molecule has 5 nitrogen and oxygen atoms in total. The van der Waals surface area contributed by atoms with E-state index in [1.54, 1.807) is 0 Å². The van der Waals surface area contributed by atoms with Crippen LogP contribution in [0.15, 0.2) is 12.3 Å². The third-order valence-electron chi connectivity index (χ3n) is 3.76. The van der Waals surface area contributed by atoms with Gasteiger partial charge in [-0.3, -0.25) is 0 Å². The first-order valence-corrected chi connectivity index (χ1v) is 8.33. The van der Waals surface area contributed by atoms with Crippen LogP contribution in [0.4, 0.5) is 0 Å². The van der Waals surface area contributed by atoms with E-state index >= 15 is 0 Å². The van der Waals surface area contributed by atoms with Crippen molar-refractivity contribution in [3.8, 4) is 0 Å². The Hall–Kier alpha value is -0.850. The van der Waals surface area contributed by atoms with Crippen molar-refractivity contribution in [3.05, 3.63) is 23.5 Å². The molecule has 1 unspecified atom stereocenters. The lowest BCUT2D eigenvalue weighted by Crippen LogP contribution is -2.30. The molecule has 108 valence electrons. The zero-order valence-corrected chi connectivity index (χ0v) is 12.4. The predicted octanol–water partition coefficient (Wildman–Crippen LogP) is 1.14. The smallest absolute Gasteiger partial charge is 0.209 e. The quantitative estimate of drug-likeness (QED) is 0.869. The number of primary sulfonamides is 1. The van der Waals surface area contributed by atoms with Gasteiger partial charge in [-0.05, 0) is 36.3 Å². The van der Waals surface area contributed by atoms with Crippen LogP contribution in [-0.4, -0.2) is 18.7 Å². The Bertz CT molecular complexity index is 560. The molecule has 0 amide bonds. The maximum Gasteiger partial charge on any atom is 0.209 e. The maximum absolute atomic E-state index is 11.0. The van der Waals surface area contributed by atoms with Crippen molar-refractivity contribution >= 4 is 10.0 Å². The van der Waals surface area contributed by atoms with Crippen molar-refractivity contribution in [2.24, 2.45) is 16.3 Å². The van der Waals surface area contributed by atoms with Gasteiger partial charge in [0.1, 0.15) is 0 Å². The largest absolute Gasteiger partial charge is 0.351 e. The molecular weight excluding hydrogens is 262 g/mol. The van der Waals surface area contributed by atoms with Gasteiger partial charge in [-0.1, -0.05) is 13.8 Å². The molecule has 19 heavy (non-hydrogen) atoms. The Balaban J connectivity index is 2.12. The van der Waals surface area contributed by atoms with E-state index in [1.807, 2.05) is 6.20 Å². The summed E-state index contributed by atoms with van der Waals surface area (Å²) in [5.74, 6) is 0.0232. The number of nitrogens with zero attached hydrogens (tertiary/aromatic N) is 1. The van der Waals surface area contributed by atoms with E-state index in [1.165, 1.54) is 11.3 Å².